The van der Waals surface area contributed by atoms with Gasteiger partial charge in [-0.3, -0.25) is 19.6 Å². The summed E-state index contributed by atoms with van der Waals surface area (Å²) in [5.41, 5.74) is -0.624. The summed E-state index contributed by atoms with van der Waals surface area (Å²) in [5.74, 6) is -0.885. The fraction of sp³-hybridized carbons (Fsp3) is 0.364. The van der Waals surface area contributed by atoms with Crippen molar-refractivity contribution in [1.82, 2.24) is 0 Å². The molecule has 0 saturated carbocycles. The number of benzene rings is 1. The fourth-order valence-corrected chi connectivity index (χ4v) is 2.77. The molecular formula is C11H13ClN2O6S. The lowest BCUT2D eigenvalue weighted by atomic mass is 10.3. The maximum Gasteiger partial charge on any atom is 0.305 e. The first-order valence-electron chi connectivity index (χ1n) is 5.76. The summed E-state index contributed by atoms with van der Waals surface area (Å²) in [5, 5.41) is 11.0. The number of carbonyl (C=O) groups is 1. The van der Waals surface area contributed by atoms with Crippen molar-refractivity contribution >= 4 is 39.0 Å². The highest BCUT2D eigenvalue weighted by molar-refractivity contribution is 7.92. The van der Waals surface area contributed by atoms with Crippen molar-refractivity contribution < 1.29 is 22.9 Å². The van der Waals surface area contributed by atoms with Crippen LogP contribution in [0.3, 0.4) is 0 Å². The topological polar surface area (TPSA) is 116 Å². The van der Waals surface area contributed by atoms with Crippen LogP contribution in [-0.2, 0) is 19.6 Å². The number of anilines is 1. The quantitative estimate of drug-likeness (QED) is 0.462. The standard InChI is InChI=1S/C11H13ClN2O6S/c1-20-11(15)3-2-6-21(18,19)13-9-5-4-8(12)7-10(9)14(16)17/h4-5,7,13H,2-3,6H2,1H3. The molecule has 0 amide bonds. The van der Waals surface area contributed by atoms with Crippen LogP contribution in [0, 0.1) is 10.1 Å². The molecule has 0 bridgehead atoms. The van der Waals surface area contributed by atoms with E-state index in [1.165, 1.54) is 19.2 Å². The minimum absolute atomic E-state index is 0.0450. The number of halogens is 1. The number of sulfonamides is 1. The summed E-state index contributed by atoms with van der Waals surface area (Å²) in [6, 6.07) is 3.59. The molecule has 1 rings (SSSR count). The van der Waals surface area contributed by atoms with Gasteiger partial charge in [0, 0.05) is 17.5 Å². The first kappa shape index (κ1) is 17.2. The molecule has 0 aliphatic carbocycles. The second-order valence-electron chi connectivity index (χ2n) is 4.02. The minimum Gasteiger partial charge on any atom is -0.469 e. The van der Waals surface area contributed by atoms with E-state index in [0.29, 0.717) is 0 Å². The number of methoxy groups -OCH3 is 1. The van der Waals surface area contributed by atoms with Crippen LogP contribution in [-0.4, -0.2) is 32.2 Å². The Labute approximate surface area is 126 Å². The van der Waals surface area contributed by atoms with E-state index >= 15 is 0 Å². The molecule has 0 unspecified atom stereocenters. The molecule has 1 N–H and O–H groups in total. The van der Waals surface area contributed by atoms with Gasteiger partial charge in [-0.25, -0.2) is 8.42 Å². The highest BCUT2D eigenvalue weighted by Crippen LogP contribution is 2.28. The average molecular weight is 337 g/mol. The Morgan fingerprint density at radius 2 is 2.14 bits per heavy atom. The second kappa shape index (κ2) is 7.23. The third kappa shape index (κ3) is 5.56. The Morgan fingerprint density at radius 3 is 2.71 bits per heavy atom. The van der Waals surface area contributed by atoms with Crippen LogP contribution in [0.5, 0.6) is 0 Å². The second-order valence-corrected chi connectivity index (χ2v) is 6.30. The molecule has 0 atom stereocenters. The zero-order valence-electron chi connectivity index (χ0n) is 11.0. The molecule has 21 heavy (non-hydrogen) atoms. The van der Waals surface area contributed by atoms with Crippen molar-refractivity contribution in [2.75, 3.05) is 17.6 Å². The highest BCUT2D eigenvalue weighted by Gasteiger charge is 2.19. The molecule has 8 nitrogen and oxygen atoms in total. The van der Waals surface area contributed by atoms with E-state index in [1.807, 2.05) is 0 Å². The van der Waals surface area contributed by atoms with E-state index in [0.717, 1.165) is 6.07 Å². The number of esters is 1. The number of nitrogens with one attached hydrogen (secondary N) is 1. The molecule has 0 spiro atoms. The van der Waals surface area contributed by atoms with Gasteiger partial charge < -0.3 is 4.74 Å². The van der Waals surface area contributed by atoms with Gasteiger partial charge in [0.1, 0.15) is 5.69 Å². The number of carbonyl (C=O) groups excluding carboxylic acids is 1. The van der Waals surface area contributed by atoms with Crippen molar-refractivity contribution in [2.45, 2.75) is 12.8 Å². The zero-order valence-corrected chi connectivity index (χ0v) is 12.6. The van der Waals surface area contributed by atoms with E-state index < -0.39 is 26.6 Å². The third-order valence-corrected chi connectivity index (χ3v) is 4.04. The summed E-state index contributed by atoms with van der Waals surface area (Å²) in [6.45, 7) is 0. The Hall–Kier alpha value is -1.87. The molecular weight excluding hydrogens is 324 g/mol. The predicted octanol–water partition coefficient (Wildman–Crippen LogP) is 1.94. The maximum absolute atomic E-state index is 11.8. The molecule has 0 aliphatic rings. The van der Waals surface area contributed by atoms with Gasteiger partial charge in [-0.2, -0.15) is 0 Å². The summed E-state index contributed by atoms with van der Waals surface area (Å²) < 4.78 is 30.1. The summed E-state index contributed by atoms with van der Waals surface area (Å²) in [6.07, 6.45) is -0.0104. The molecule has 0 radical (unpaired) electrons. The number of ether oxygens (including phenoxy) is 1. The van der Waals surface area contributed by atoms with Crippen LogP contribution in [0.25, 0.3) is 0 Å². The fourth-order valence-electron chi connectivity index (χ4n) is 1.47. The van der Waals surface area contributed by atoms with Gasteiger partial charge in [0.2, 0.25) is 10.0 Å². The lowest BCUT2D eigenvalue weighted by Gasteiger charge is -2.08. The molecule has 0 aromatic heterocycles. The van der Waals surface area contributed by atoms with Crippen LogP contribution in [0.2, 0.25) is 5.02 Å². The maximum atomic E-state index is 11.8. The molecule has 0 heterocycles. The Kier molecular flexibility index (Phi) is 5.91. The Balaban J connectivity index is 2.80. The summed E-state index contributed by atoms with van der Waals surface area (Å²) in [4.78, 5) is 21.0. The Morgan fingerprint density at radius 1 is 1.48 bits per heavy atom. The van der Waals surface area contributed by atoms with Crippen LogP contribution in [0.1, 0.15) is 12.8 Å². The largest absolute Gasteiger partial charge is 0.469 e. The van der Waals surface area contributed by atoms with Crippen LogP contribution < -0.4 is 4.72 Å². The molecule has 10 heteroatoms. The molecule has 0 saturated heterocycles. The first-order chi connectivity index (χ1) is 9.75. The average Bonchev–Trinajstić information content (AvgIpc) is 2.39. The smallest absolute Gasteiger partial charge is 0.305 e. The number of nitrogens with zero attached hydrogens (tertiary/aromatic N) is 1. The SMILES string of the molecule is COC(=O)CCCS(=O)(=O)Nc1ccc(Cl)cc1[N+](=O)[O-]. The highest BCUT2D eigenvalue weighted by atomic mass is 35.5. The molecule has 0 aliphatic heterocycles. The van der Waals surface area contributed by atoms with Gasteiger partial charge in [0.05, 0.1) is 17.8 Å². The van der Waals surface area contributed by atoms with Crippen LogP contribution in [0.15, 0.2) is 18.2 Å². The molecule has 0 fully saturated rings. The Bertz CT molecular complexity index is 646. The van der Waals surface area contributed by atoms with E-state index in [4.69, 9.17) is 11.6 Å². The van der Waals surface area contributed by atoms with Crippen LogP contribution >= 0.6 is 11.6 Å². The lowest BCUT2D eigenvalue weighted by molar-refractivity contribution is -0.383. The van der Waals surface area contributed by atoms with E-state index in [1.54, 1.807) is 0 Å². The van der Waals surface area contributed by atoms with Gasteiger partial charge in [0.15, 0.2) is 0 Å². The van der Waals surface area contributed by atoms with Crippen molar-refractivity contribution in [2.24, 2.45) is 0 Å². The number of hydrogen-bond acceptors (Lipinski definition) is 6. The predicted molar refractivity (Wildman–Crippen MR) is 76.8 cm³/mol. The minimum atomic E-state index is -3.81. The summed E-state index contributed by atoms with van der Waals surface area (Å²) in [7, 11) is -2.61. The number of rotatable bonds is 7. The summed E-state index contributed by atoms with van der Waals surface area (Å²) >= 11 is 5.63. The van der Waals surface area contributed by atoms with Crippen LogP contribution in [0.4, 0.5) is 11.4 Å². The van der Waals surface area contributed by atoms with Gasteiger partial charge in [-0.1, -0.05) is 11.6 Å². The molecule has 116 valence electrons. The van der Waals surface area contributed by atoms with Crippen molar-refractivity contribution in [3.63, 3.8) is 0 Å². The lowest BCUT2D eigenvalue weighted by Crippen LogP contribution is -2.18. The number of hydrogen-bond donors (Lipinski definition) is 1. The van der Waals surface area contributed by atoms with Gasteiger partial charge in [0.25, 0.3) is 5.69 Å². The van der Waals surface area contributed by atoms with Gasteiger partial charge in [-0.15, -0.1) is 0 Å². The van der Waals surface area contributed by atoms with Crippen molar-refractivity contribution in [3.05, 3.63) is 33.3 Å². The van der Waals surface area contributed by atoms with Gasteiger partial charge >= 0.3 is 5.97 Å². The van der Waals surface area contributed by atoms with Crippen molar-refractivity contribution in [1.29, 1.82) is 0 Å². The normalized spacial score (nSPS) is 11.0. The van der Waals surface area contributed by atoms with E-state index in [9.17, 15) is 23.3 Å². The first-order valence-corrected chi connectivity index (χ1v) is 7.79. The van der Waals surface area contributed by atoms with E-state index in [2.05, 4.69) is 9.46 Å². The molecule has 1 aromatic rings. The monoisotopic (exact) mass is 336 g/mol. The molecule has 1 aromatic carbocycles. The third-order valence-electron chi connectivity index (χ3n) is 2.44. The van der Waals surface area contributed by atoms with E-state index in [-0.39, 0.29) is 29.3 Å². The zero-order chi connectivity index (χ0) is 16.0. The van der Waals surface area contributed by atoms with Gasteiger partial charge in [-0.05, 0) is 18.6 Å². The number of nitro benzene ring substituents is 1. The van der Waals surface area contributed by atoms with Crippen molar-refractivity contribution in [3.8, 4) is 0 Å². The number of nitro groups is 1.